The van der Waals surface area contributed by atoms with Crippen molar-refractivity contribution in [3.8, 4) is 0 Å². The minimum Gasteiger partial charge on any atom is -0.359 e. The maximum Gasteiger partial charge on any atom is 0.240 e. The normalized spacial score (nSPS) is 10.6. The van der Waals surface area contributed by atoms with Gasteiger partial charge >= 0.3 is 0 Å². The summed E-state index contributed by atoms with van der Waals surface area (Å²) in [5, 5.41) is 3.08. The number of hydrazine groups is 1. The molecule has 0 aliphatic rings. The summed E-state index contributed by atoms with van der Waals surface area (Å²) in [4.78, 5) is 11.6. The van der Waals surface area contributed by atoms with Gasteiger partial charge in [-0.25, -0.2) is 10.8 Å². The third kappa shape index (κ3) is 1.73. The number of nitrogens with two attached hydrogens (primary N) is 1. The van der Waals surface area contributed by atoms with Crippen LogP contribution >= 0.6 is 11.3 Å². The Labute approximate surface area is 91.9 Å². The molecule has 0 amide bonds. The van der Waals surface area contributed by atoms with E-state index >= 15 is 0 Å². The standard InChI is InChI=1S/C9H13N5S/c1-3-14(2)7-6-4-5-15-8(6)12-9(11-7)13-10/h4-5H,3,10H2,1-2H3,(H,11,12,13). The summed E-state index contributed by atoms with van der Waals surface area (Å²) in [5.41, 5.74) is 2.49. The number of nitrogen functional groups attached to an aromatic ring is 1. The Kier molecular flexibility index (Phi) is 2.70. The molecule has 0 spiro atoms. The van der Waals surface area contributed by atoms with Crippen LogP contribution in [-0.4, -0.2) is 23.6 Å². The van der Waals surface area contributed by atoms with Crippen molar-refractivity contribution in [3.05, 3.63) is 11.4 Å². The Morgan fingerprint density at radius 2 is 2.33 bits per heavy atom. The SMILES string of the molecule is CCN(C)c1nc(NN)nc2sccc12. The average molecular weight is 223 g/mol. The highest BCUT2D eigenvalue weighted by Gasteiger charge is 2.10. The quantitative estimate of drug-likeness (QED) is 0.608. The smallest absolute Gasteiger partial charge is 0.240 e. The van der Waals surface area contributed by atoms with Gasteiger partial charge in [0, 0.05) is 13.6 Å². The first-order valence-corrected chi connectivity index (χ1v) is 5.57. The number of nitrogens with zero attached hydrogens (tertiary/aromatic N) is 3. The van der Waals surface area contributed by atoms with Gasteiger partial charge in [-0.3, -0.25) is 5.43 Å². The molecular weight excluding hydrogens is 210 g/mol. The molecular formula is C9H13N5S. The number of hydrogen-bond acceptors (Lipinski definition) is 6. The second-order valence-electron chi connectivity index (χ2n) is 3.17. The molecule has 6 heteroatoms. The molecule has 0 saturated heterocycles. The Balaban J connectivity index is 2.63. The summed E-state index contributed by atoms with van der Waals surface area (Å²) < 4.78 is 0. The molecule has 2 rings (SSSR count). The largest absolute Gasteiger partial charge is 0.359 e. The third-order valence-electron chi connectivity index (χ3n) is 2.27. The summed E-state index contributed by atoms with van der Waals surface area (Å²) in [6.45, 7) is 2.97. The Bertz CT molecular complexity index is 466. The van der Waals surface area contributed by atoms with E-state index in [1.54, 1.807) is 11.3 Å². The van der Waals surface area contributed by atoms with Gasteiger partial charge in [0.1, 0.15) is 10.6 Å². The predicted molar refractivity (Wildman–Crippen MR) is 64.2 cm³/mol. The van der Waals surface area contributed by atoms with E-state index in [0.29, 0.717) is 5.95 Å². The lowest BCUT2D eigenvalue weighted by Crippen LogP contribution is -2.19. The van der Waals surface area contributed by atoms with Crippen LogP contribution in [0.1, 0.15) is 6.92 Å². The minimum absolute atomic E-state index is 0.459. The van der Waals surface area contributed by atoms with Gasteiger partial charge in [-0.2, -0.15) is 4.98 Å². The van der Waals surface area contributed by atoms with E-state index < -0.39 is 0 Å². The van der Waals surface area contributed by atoms with E-state index in [-0.39, 0.29) is 0 Å². The van der Waals surface area contributed by atoms with E-state index in [1.165, 1.54) is 0 Å². The van der Waals surface area contributed by atoms with Gasteiger partial charge in [0.25, 0.3) is 0 Å². The highest BCUT2D eigenvalue weighted by molar-refractivity contribution is 7.16. The van der Waals surface area contributed by atoms with E-state index in [0.717, 1.165) is 22.6 Å². The lowest BCUT2D eigenvalue weighted by molar-refractivity contribution is 0.940. The molecule has 5 nitrogen and oxygen atoms in total. The highest BCUT2D eigenvalue weighted by atomic mass is 32.1. The number of anilines is 2. The Hall–Kier alpha value is -1.40. The lowest BCUT2D eigenvalue weighted by atomic mass is 10.3. The molecule has 0 bridgehead atoms. The lowest BCUT2D eigenvalue weighted by Gasteiger charge is -2.16. The maximum atomic E-state index is 5.33. The van der Waals surface area contributed by atoms with Crippen LogP contribution in [0.25, 0.3) is 10.2 Å². The molecule has 0 aliphatic heterocycles. The Morgan fingerprint density at radius 3 is 3.00 bits per heavy atom. The second-order valence-corrected chi connectivity index (χ2v) is 4.06. The van der Waals surface area contributed by atoms with Crippen LogP contribution in [0.4, 0.5) is 11.8 Å². The summed E-state index contributed by atoms with van der Waals surface area (Å²) in [6.07, 6.45) is 0. The molecule has 80 valence electrons. The molecule has 2 heterocycles. The molecule has 2 aromatic heterocycles. The van der Waals surface area contributed by atoms with Crippen molar-refractivity contribution in [2.45, 2.75) is 6.92 Å². The second kappa shape index (κ2) is 4.00. The number of hydrogen-bond donors (Lipinski definition) is 2. The van der Waals surface area contributed by atoms with E-state index in [4.69, 9.17) is 5.84 Å². The number of rotatable bonds is 3. The number of aromatic nitrogens is 2. The van der Waals surface area contributed by atoms with Gasteiger partial charge in [-0.05, 0) is 18.4 Å². The van der Waals surface area contributed by atoms with Gasteiger partial charge < -0.3 is 4.90 Å². The maximum absolute atomic E-state index is 5.33. The van der Waals surface area contributed by atoms with E-state index in [2.05, 4.69) is 27.2 Å². The summed E-state index contributed by atoms with van der Waals surface area (Å²) >= 11 is 1.59. The molecule has 0 atom stereocenters. The number of nitrogens with one attached hydrogen (secondary N) is 1. The monoisotopic (exact) mass is 223 g/mol. The summed E-state index contributed by atoms with van der Waals surface area (Å²) in [5.74, 6) is 6.70. The first-order valence-electron chi connectivity index (χ1n) is 4.69. The van der Waals surface area contributed by atoms with Crippen LogP contribution in [0, 0.1) is 0 Å². The molecule has 0 aliphatic carbocycles. The third-order valence-corrected chi connectivity index (χ3v) is 3.08. The molecule has 0 aromatic carbocycles. The van der Waals surface area contributed by atoms with Crippen LogP contribution in [0.15, 0.2) is 11.4 Å². The molecule has 3 N–H and O–H groups in total. The van der Waals surface area contributed by atoms with Gasteiger partial charge in [0.05, 0.1) is 5.39 Å². The van der Waals surface area contributed by atoms with Crippen LogP contribution in [0.3, 0.4) is 0 Å². The fourth-order valence-corrected chi connectivity index (χ4v) is 2.10. The zero-order valence-electron chi connectivity index (χ0n) is 8.69. The van der Waals surface area contributed by atoms with E-state index in [9.17, 15) is 0 Å². The minimum atomic E-state index is 0.459. The average Bonchev–Trinajstić information content (AvgIpc) is 2.74. The van der Waals surface area contributed by atoms with Crippen LogP contribution in [0.5, 0.6) is 0 Å². The van der Waals surface area contributed by atoms with Gasteiger partial charge in [0.15, 0.2) is 0 Å². The van der Waals surface area contributed by atoms with Crippen molar-refractivity contribution in [1.29, 1.82) is 0 Å². The summed E-state index contributed by atoms with van der Waals surface area (Å²) in [7, 11) is 2.00. The van der Waals surface area contributed by atoms with E-state index in [1.807, 2.05) is 18.5 Å². The number of thiophene rings is 1. The van der Waals surface area contributed by atoms with Crippen molar-refractivity contribution in [3.63, 3.8) is 0 Å². The van der Waals surface area contributed by atoms with Gasteiger partial charge in [-0.15, -0.1) is 11.3 Å². The predicted octanol–water partition coefficient (Wildman–Crippen LogP) is 1.43. The fraction of sp³-hybridized carbons (Fsp3) is 0.333. The van der Waals surface area contributed by atoms with Crippen LogP contribution in [0.2, 0.25) is 0 Å². The molecule has 0 saturated carbocycles. The van der Waals surface area contributed by atoms with Crippen molar-refractivity contribution < 1.29 is 0 Å². The van der Waals surface area contributed by atoms with Gasteiger partial charge in [0.2, 0.25) is 5.95 Å². The van der Waals surface area contributed by atoms with Crippen molar-refractivity contribution in [2.24, 2.45) is 5.84 Å². The molecule has 0 radical (unpaired) electrons. The number of fused-ring (bicyclic) bond motifs is 1. The Morgan fingerprint density at radius 1 is 1.53 bits per heavy atom. The van der Waals surface area contributed by atoms with Crippen molar-refractivity contribution in [1.82, 2.24) is 9.97 Å². The van der Waals surface area contributed by atoms with Crippen molar-refractivity contribution in [2.75, 3.05) is 23.9 Å². The first-order chi connectivity index (χ1) is 7.26. The zero-order chi connectivity index (χ0) is 10.8. The first kappa shape index (κ1) is 10.1. The molecule has 0 fully saturated rings. The van der Waals surface area contributed by atoms with Crippen molar-refractivity contribution >= 4 is 33.3 Å². The van der Waals surface area contributed by atoms with Crippen LogP contribution < -0.4 is 16.2 Å². The topological polar surface area (TPSA) is 67.1 Å². The molecule has 15 heavy (non-hydrogen) atoms. The van der Waals surface area contributed by atoms with Crippen LogP contribution in [-0.2, 0) is 0 Å². The highest BCUT2D eigenvalue weighted by Crippen LogP contribution is 2.27. The summed E-state index contributed by atoms with van der Waals surface area (Å²) in [6, 6.07) is 2.03. The van der Waals surface area contributed by atoms with Gasteiger partial charge in [-0.1, -0.05) is 0 Å². The molecule has 2 aromatic rings. The fourth-order valence-electron chi connectivity index (χ4n) is 1.35. The molecule has 0 unspecified atom stereocenters. The zero-order valence-corrected chi connectivity index (χ0v) is 9.51.